The van der Waals surface area contributed by atoms with E-state index < -0.39 is 41.1 Å². The quantitative estimate of drug-likeness (QED) is 0.201. The third-order valence-electron chi connectivity index (χ3n) is 6.65. The van der Waals surface area contributed by atoms with Crippen molar-refractivity contribution < 1.29 is 27.6 Å². The maximum atomic E-state index is 13.8. The second kappa shape index (κ2) is 11.1. The summed E-state index contributed by atoms with van der Waals surface area (Å²) < 4.78 is 29.7. The average molecular weight is 617 g/mol. The largest absolute Gasteiger partial charge is 0.390 e. The number of ketones is 1. The Bertz CT molecular complexity index is 1630. The van der Waals surface area contributed by atoms with E-state index in [0.717, 1.165) is 10.0 Å². The van der Waals surface area contributed by atoms with Gasteiger partial charge in [0, 0.05) is 46.5 Å². The van der Waals surface area contributed by atoms with E-state index in [9.17, 15) is 23.4 Å². The van der Waals surface area contributed by atoms with Crippen LogP contribution in [0.3, 0.4) is 0 Å². The van der Waals surface area contributed by atoms with Gasteiger partial charge in [0.1, 0.15) is 23.9 Å². The van der Waals surface area contributed by atoms with Crippen molar-refractivity contribution in [2.45, 2.75) is 31.2 Å². The number of anilines is 1. The van der Waals surface area contributed by atoms with Crippen molar-refractivity contribution in [2.75, 3.05) is 11.9 Å². The Kier molecular flexibility index (Phi) is 7.75. The van der Waals surface area contributed by atoms with Gasteiger partial charge in [-0.05, 0) is 36.2 Å². The van der Waals surface area contributed by atoms with Gasteiger partial charge in [-0.25, -0.2) is 20.1 Å². The summed E-state index contributed by atoms with van der Waals surface area (Å²) in [6.07, 6.45) is 3.65. The number of aliphatic hydroxyl groups excluding tert-OH is 2. The molecule has 0 amide bonds. The molecule has 1 aromatic carbocycles. The zero-order chi connectivity index (χ0) is 27.7. The van der Waals surface area contributed by atoms with Crippen LogP contribution in [-0.2, 0) is 21.0 Å². The van der Waals surface area contributed by atoms with Crippen LogP contribution in [0.2, 0.25) is 0 Å². The molecule has 0 spiro atoms. The number of nitrogens with zero attached hydrogens (tertiary/aromatic N) is 4. The van der Waals surface area contributed by atoms with Gasteiger partial charge in [-0.3, -0.25) is 8.98 Å². The minimum atomic E-state index is -4.20. The molecule has 1 saturated carbocycles. The first-order chi connectivity index (χ1) is 18.6. The van der Waals surface area contributed by atoms with Crippen molar-refractivity contribution in [1.82, 2.24) is 19.5 Å². The number of hydrogen-bond acceptors (Lipinski definition) is 10. The lowest BCUT2D eigenvalue weighted by Gasteiger charge is -2.19. The van der Waals surface area contributed by atoms with E-state index >= 15 is 0 Å². The molecule has 4 atom stereocenters. The molecule has 3 heterocycles. The summed E-state index contributed by atoms with van der Waals surface area (Å²) in [6.45, 7) is 0.0973. The van der Waals surface area contributed by atoms with Crippen LogP contribution >= 0.6 is 15.9 Å². The highest BCUT2D eigenvalue weighted by Crippen LogP contribution is 2.31. The molecule has 0 unspecified atom stereocenters. The summed E-state index contributed by atoms with van der Waals surface area (Å²) in [5.41, 5.74) is 2.22. The monoisotopic (exact) mass is 616 g/mol. The fourth-order valence-electron chi connectivity index (χ4n) is 4.80. The topological polar surface area (TPSA) is 183 Å². The Morgan fingerprint density at radius 3 is 2.77 bits per heavy atom. The highest BCUT2D eigenvalue weighted by atomic mass is 79.9. The molecule has 14 heteroatoms. The highest BCUT2D eigenvalue weighted by molar-refractivity contribution is 9.10. The number of carbonyl (C=O) groups is 1. The third kappa shape index (κ3) is 6.00. The first kappa shape index (κ1) is 27.3. The molecule has 0 bridgehead atoms. The maximum Gasteiger partial charge on any atom is 0.333 e. The van der Waals surface area contributed by atoms with Gasteiger partial charge in [0.25, 0.3) is 0 Å². The summed E-state index contributed by atoms with van der Waals surface area (Å²) in [7, 11) is -4.20. The summed E-state index contributed by atoms with van der Waals surface area (Å²) in [5, 5.41) is 29.5. The van der Waals surface area contributed by atoms with Gasteiger partial charge in [0.2, 0.25) is 5.78 Å². The predicted octanol–water partition coefficient (Wildman–Crippen LogP) is 1.61. The van der Waals surface area contributed by atoms with E-state index in [4.69, 9.17) is 5.14 Å². The van der Waals surface area contributed by atoms with Gasteiger partial charge < -0.3 is 20.1 Å². The molecule has 39 heavy (non-hydrogen) atoms. The number of aromatic nitrogens is 4. The van der Waals surface area contributed by atoms with E-state index in [1.54, 1.807) is 18.5 Å². The number of carbonyl (C=O) groups excluding carboxylic acids is 1. The molecule has 5 N–H and O–H groups in total. The fourth-order valence-corrected chi connectivity index (χ4v) is 5.61. The van der Waals surface area contributed by atoms with E-state index in [1.807, 2.05) is 34.9 Å². The van der Waals surface area contributed by atoms with Crippen LogP contribution < -0.4 is 10.5 Å². The number of halogens is 1. The highest BCUT2D eigenvalue weighted by Gasteiger charge is 2.42. The third-order valence-corrected chi connectivity index (χ3v) is 7.61. The number of fused-ring (bicyclic) bond motifs is 1. The number of pyridine rings is 1. The van der Waals surface area contributed by atoms with E-state index in [-0.39, 0.29) is 23.6 Å². The first-order valence-corrected chi connectivity index (χ1v) is 14.2. The van der Waals surface area contributed by atoms with Crippen LogP contribution in [0.15, 0.2) is 65.8 Å². The molecule has 0 saturated heterocycles. The zero-order valence-electron chi connectivity index (χ0n) is 20.4. The molecule has 1 aliphatic rings. The molecular formula is C25H25BrN6O6S. The molecule has 1 fully saturated rings. The fraction of sp³-hybridized carbons (Fsp3) is 0.280. The molecule has 4 aromatic rings. The summed E-state index contributed by atoms with van der Waals surface area (Å²) in [6, 6.07) is 10.7. The van der Waals surface area contributed by atoms with Crippen LogP contribution in [0.25, 0.3) is 11.0 Å². The minimum absolute atomic E-state index is 0.144. The smallest absolute Gasteiger partial charge is 0.333 e. The zero-order valence-corrected chi connectivity index (χ0v) is 22.8. The van der Waals surface area contributed by atoms with Crippen LogP contribution in [0.4, 0.5) is 5.82 Å². The number of hydrogen-bond donors (Lipinski definition) is 4. The van der Waals surface area contributed by atoms with Gasteiger partial charge >= 0.3 is 10.3 Å². The summed E-state index contributed by atoms with van der Waals surface area (Å²) >= 11 is 3.48. The van der Waals surface area contributed by atoms with Gasteiger partial charge in [-0.15, -0.1) is 0 Å². The van der Waals surface area contributed by atoms with Gasteiger partial charge in [-0.2, -0.15) is 8.42 Å². The summed E-state index contributed by atoms with van der Waals surface area (Å²) in [4.78, 5) is 26.5. The number of aliphatic hydroxyl groups is 2. The molecule has 12 nitrogen and oxygen atoms in total. The normalized spacial score (nSPS) is 21.3. The molecule has 0 aliphatic heterocycles. The SMILES string of the molecule is NS(=O)(=O)OC[C@H]1C[C@@H](Nc2ncncc2C(=O)c2cn(Cc3cccc(Br)c3)c3ncccc23)[C@H](O)[C@@H]1O. The Labute approximate surface area is 232 Å². The lowest BCUT2D eigenvalue weighted by Crippen LogP contribution is -2.36. The summed E-state index contributed by atoms with van der Waals surface area (Å²) in [5.74, 6) is -0.902. The van der Waals surface area contributed by atoms with Crippen molar-refractivity contribution >= 4 is 48.9 Å². The van der Waals surface area contributed by atoms with Crippen molar-refractivity contribution in [1.29, 1.82) is 0 Å². The second-order valence-electron chi connectivity index (χ2n) is 9.29. The Morgan fingerprint density at radius 1 is 1.18 bits per heavy atom. The Balaban J connectivity index is 1.42. The standard InChI is InChI=1S/C25H25BrN6O6S/c26-16-4-1-3-14(7-16)10-32-11-19(17-5-2-6-29-25(17)32)22(34)18-9-28-13-30-24(18)31-20-8-15(21(33)23(20)35)12-38-39(27,36)37/h1-7,9,11,13,15,20-21,23,33,35H,8,10,12H2,(H2,27,36,37)(H,28,30,31)/t15-,20-,21-,23+/m1/s1. The predicted molar refractivity (Wildman–Crippen MR) is 145 cm³/mol. The maximum absolute atomic E-state index is 13.8. The number of nitrogens with two attached hydrogens (primary N) is 1. The van der Waals surface area contributed by atoms with Crippen LogP contribution in [0.5, 0.6) is 0 Å². The molecular weight excluding hydrogens is 592 g/mol. The average Bonchev–Trinajstić information content (AvgIpc) is 3.39. The number of nitrogens with one attached hydrogen (secondary N) is 1. The van der Waals surface area contributed by atoms with Crippen molar-refractivity contribution in [3.05, 3.63) is 82.5 Å². The second-order valence-corrected chi connectivity index (χ2v) is 11.4. The van der Waals surface area contributed by atoms with Crippen molar-refractivity contribution in [3.8, 4) is 0 Å². The van der Waals surface area contributed by atoms with Crippen LogP contribution in [0, 0.1) is 5.92 Å². The van der Waals surface area contributed by atoms with Crippen LogP contribution in [0.1, 0.15) is 27.9 Å². The van der Waals surface area contributed by atoms with Crippen molar-refractivity contribution in [3.63, 3.8) is 0 Å². The molecule has 3 aromatic heterocycles. The Hall–Kier alpha value is -3.27. The molecule has 5 rings (SSSR count). The van der Waals surface area contributed by atoms with Crippen molar-refractivity contribution in [2.24, 2.45) is 11.1 Å². The van der Waals surface area contributed by atoms with Crippen LogP contribution in [-0.4, -0.2) is 68.8 Å². The van der Waals surface area contributed by atoms with E-state index in [0.29, 0.717) is 23.1 Å². The van der Waals surface area contributed by atoms with Gasteiger partial charge in [0.15, 0.2) is 0 Å². The lowest BCUT2D eigenvalue weighted by atomic mass is 10.0. The van der Waals surface area contributed by atoms with Gasteiger partial charge in [0.05, 0.1) is 24.3 Å². The molecule has 1 aliphatic carbocycles. The number of benzene rings is 1. The Morgan fingerprint density at radius 2 is 2.00 bits per heavy atom. The first-order valence-electron chi connectivity index (χ1n) is 11.9. The van der Waals surface area contributed by atoms with Gasteiger partial charge in [-0.1, -0.05) is 28.1 Å². The molecule has 0 radical (unpaired) electrons. The lowest BCUT2D eigenvalue weighted by molar-refractivity contribution is 0.00778. The number of rotatable bonds is 9. The minimum Gasteiger partial charge on any atom is -0.390 e. The van der Waals surface area contributed by atoms with E-state index in [2.05, 4.69) is 40.4 Å². The van der Waals surface area contributed by atoms with E-state index in [1.165, 1.54) is 12.5 Å². The molecule has 204 valence electrons.